The highest BCUT2D eigenvalue weighted by Gasteiger charge is 2.18. The Morgan fingerprint density at radius 2 is 1.72 bits per heavy atom. The molecule has 2 unspecified atom stereocenters. The second kappa shape index (κ2) is 5.88. The molecule has 1 aromatic carbocycles. The first-order chi connectivity index (χ1) is 8.20. The van der Waals surface area contributed by atoms with Crippen molar-refractivity contribution in [3.05, 3.63) is 34.9 Å². The average Bonchev–Trinajstić information content (AvgIpc) is 2.24. The number of rotatable bonds is 4. The summed E-state index contributed by atoms with van der Waals surface area (Å²) in [4.78, 5) is 0. The first-order valence-corrected chi connectivity index (χ1v) is 7.03. The van der Waals surface area contributed by atoms with Gasteiger partial charge in [-0.05, 0) is 64.1 Å². The molecule has 0 fully saturated rings. The zero-order valence-corrected chi connectivity index (χ0v) is 13.1. The lowest BCUT2D eigenvalue weighted by Crippen LogP contribution is -2.39. The van der Waals surface area contributed by atoms with Crippen LogP contribution in [0.3, 0.4) is 0 Å². The van der Waals surface area contributed by atoms with Crippen molar-refractivity contribution in [3.8, 4) is 0 Å². The number of aryl methyl sites for hydroxylation is 2. The van der Waals surface area contributed by atoms with E-state index in [1.807, 2.05) is 0 Å². The SMILES string of the molecule is Cc1ccc(C(C)C(C)CNC(C)(C)C)c(C)c1. The van der Waals surface area contributed by atoms with Gasteiger partial charge < -0.3 is 5.32 Å². The predicted octanol–water partition coefficient (Wildman–Crippen LogP) is 4.43. The van der Waals surface area contributed by atoms with Crippen molar-refractivity contribution in [2.45, 2.75) is 59.9 Å². The second-order valence-corrected chi connectivity index (χ2v) is 6.76. The van der Waals surface area contributed by atoms with Gasteiger partial charge in [0.25, 0.3) is 0 Å². The fourth-order valence-corrected chi connectivity index (χ4v) is 2.29. The molecule has 0 bridgehead atoms. The molecule has 0 aliphatic heterocycles. The minimum atomic E-state index is 0.205. The first-order valence-electron chi connectivity index (χ1n) is 7.03. The summed E-state index contributed by atoms with van der Waals surface area (Å²) in [5, 5.41) is 3.60. The van der Waals surface area contributed by atoms with Crippen molar-refractivity contribution in [1.29, 1.82) is 0 Å². The smallest absolute Gasteiger partial charge is 0.00966 e. The van der Waals surface area contributed by atoms with Crippen LogP contribution in [0.25, 0.3) is 0 Å². The van der Waals surface area contributed by atoms with Crippen molar-refractivity contribution in [3.63, 3.8) is 0 Å². The third-order valence-corrected chi connectivity index (χ3v) is 3.72. The summed E-state index contributed by atoms with van der Waals surface area (Å²) in [5.74, 6) is 1.24. The zero-order chi connectivity index (χ0) is 13.9. The van der Waals surface area contributed by atoms with Crippen molar-refractivity contribution >= 4 is 0 Å². The molecule has 0 aliphatic carbocycles. The Morgan fingerprint density at radius 1 is 1.11 bits per heavy atom. The summed E-state index contributed by atoms with van der Waals surface area (Å²) in [6.45, 7) is 16.8. The van der Waals surface area contributed by atoms with E-state index in [2.05, 4.69) is 72.0 Å². The van der Waals surface area contributed by atoms with Crippen molar-refractivity contribution < 1.29 is 0 Å². The van der Waals surface area contributed by atoms with Gasteiger partial charge in [-0.25, -0.2) is 0 Å². The molecule has 0 radical (unpaired) electrons. The molecule has 0 aliphatic rings. The quantitative estimate of drug-likeness (QED) is 0.830. The highest BCUT2D eigenvalue weighted by atomic mass is 14.9. The van der Waals surface area contributed by atoms with Crippen LogP contribution < -0.4 is 5.32 Å². The summed E-state index contributed by atoms with van der Waals surface area (Å²) in [6, 6.07) is 6.81. The van der Waals surface area contributed by atoms with E-state index >= 15 is 0 Å². The van der Waals surface area contributed by atoms with Crippen LogP contribution in [0.2, 0.25) is 0 Å². The van der Waals surface area contributed by atoms with Crippen LogP contribution in [0.5, 0.6) is 0 Å². The van der Waals surface area contributed by atoms with E-state index in [0.29, 0.717) is 11.8 Å². The molecule has 0 aromatic heterocycles. The molecule has 18 heavy (non-hydrogen) atoms. The van der Waals surface area contributed by atoms with Gasteiger partial charge in [0.2, 0.25) is 0 Å². The van der Waals surface area contributed by atoms with Gasteiger partial charge in [0.05, 0.1) is 0 Å². The lowest BCUT2D eigenvalue weighted by molar-refractivity contribution is 0.359. The van der Waals surface area contributed by atoms with Crippen LogP contribution in [-0.2, 0) is 0 Å². The Bertz CT molecular complexity index is 387. The van der Waals surface area contributed by atoms with Crippen LogP contribution in [0.1, 0.15) is 57.2 Å². The molecule has 2 atom stereocenters. The van der Waals surface area contributed by atoms with Crippen LogP contribution in [-0.4, -0.2) is 12.1 Å². The largest absolute Gasteiger partial charge is 0.312 e. The topological polar surface area (TPSA) is 12.0 Å². The highest BCUT2D eigenvalue weighted by Crippen LogP contribution is 2.27. The zero-order valence-electron chi connectivity index (χ0n) is 13.1. The normalized spacial score (nSPS) is 15.5. The van der Waals surface area contributed by atoms with Crippen LogP contribution in [0.15, 0.2) is 18.2 Å². The van der Waals surface area contributed by atoms with E-state index < -0.39 is 0 Å². The molecule has 1 rings (SSSR count). The lowest BCUT2D eigenvalue weighted by Gasteiger charge is -2.27. The Labute approximate surface area is 113 Å². The van der Waals surface area contributed by atoms with Gasteiger partial charge in [-0.3, -0.25) is 0 Å². The van der Waals surface area contributed by atoms with E-state index in [4.69, 9.17) is 0 Å². The van der Waals surface area contributed by atoms with E-state index in [9.17, 15) is 0 Å². The fraction of sp³-hybridized carbons (Fsp3) is 0.647. The molecular formula is C17H29N. The summed E-state index contributed by atoms with van der Waals surface area (Å²) in [7, 11) is 0. The Balaban J connectivity index is 2.71. The molecule has 1 heteroatoms. The maximum absolute atomic E-state index is 3.60. The molecule has 0 heterocycles. The Kier molecular flexibility index (Phi) is 4.98. The Hall–Kier alpha value is -0.820. The number of hydrogen-bond acceptors (Lipinski definition) is 1. The molecule has 0 amide bonds. The molecule has 0 spiro atoms. The number of nitrogens with one attached hydrogen (secondary N) is 1. The minimum Gasteiger partial charge on any atom is -0.312 e. The molecule has 0 saturated heterocycles. The molecule has 1 aromatic rings. The third-order valence-electron chi connectivity index (χ3n) is 3.72. The predicted molar refractivity (Wildman–Crippen MR) is 81.3 cm³/mol. The van der Waals surface area contributed by atoms with E-state index in [-0.39, 0.29) is 5.54 Å². The van der Waals surface area contributed by atoms with Gasteiger partial charge in [-0.2, -0.15) is 0 Å². The van der Waals surface area contributed by atoms with Gasteiger partial charge >= 0.3 is 0 Å². The van der Waals surface area contributed by atoms with E-state index in [1.54, 1.807) is 0 Å². The van der Waals surface area contributed by atoms with E-state index in [0.717, 1.165) is 6.54 Å². The summed E-state index contributed by atoms with van der Waals surface area (Å²) < 4.78 is 0. The van der Waals surface area contributed by atoms with Crippen molar-refractivity contribution in [1.82, 2.24) is 5.32 Å². The minimum absolute atomic E-state index is 0.205. The number of benzene rings is 1. The van der Waals surface area contributed by atoms with Crippen LogP contribution in [0.4, 0.5) is 0 Å². The van der Waals surface area contributed by atoms with E-state index in [1.165, 1.54) is 16.7 Å². The molecule has 1 nitrogen and oxygen atoms in total. The molecular weight excluding hydrogens is 218 g/mol. The molecule has 1 N–H and O–H groups in total. The van der Waals surface area contributed by atoms with Crippen LogP contribution >= 0.6 is 0 Å². The molecule has 0 saturated carbocycles. The maximum atomic E-state index is 3.60. The molecule has 102 valence electrons. The standard InChI is InChI=1S/C17H29N/c1-12-8-9-16(13(2)10-12)15(4)14(3)11-18-17(5,6)7/h8-10,14-15,18H,11H2,1-7H3. The van der Waals surface area contributed by atoms with Gasteiger partial charge in [0.1, 0.15) is 0 Å². The second-order valence-electron chi connectivity index (χ2n) is 6.76. The fourth-order valence-electron chi connectivity index (χ4n) is 2.29. The average molecular weight is 247 g/mol. The number of hydrogen-bond donors (Lipinski definition) is 1. The maximum Gasteiger partial charge on any atom is 0.00966 e. The Morgan fingerprint density at radius 3 is 2.22 bits per heavy atom. The first kappa shape index (κ1) is 15.2. The monoisotopic (exact) mass is 247 g/mol. The summed E-state index contributed by atoms with van der Waals surface area (Å²) in [5.41, 5.74) is 4.47. The van der Waals surface area contributed by atoms with Gasteiger partial charge in [-0.15, -0.1) is 0 Å². The third kappa shape index (κ3) is 4.45. The highest BCUT2D eigenvalue weighted by molar-refractivity contribution is 5.33. The van der Waals surface area contributed by atoms with Crippen molar-refractivity contribution in [2.75, 3.05) is 6.54 Å². The van der Waals surface area contributed by atoms with Gasteiger partial charge in [0.15, 0.2) is 0 Å². The van der Waals surface area contributed by atoms with Gasteiger partial charge in [0, 0.05) is 5.54 Å². The summed E-state index contributed by atoms with van der Waals surface area (Å²) in [6.07, 6.45) is 0. The van der Waals surface area contributed by atoms with Gasteiger partial charge in [-0.1, -0.05) is 37.6 Å². The van der Waals surface area contributed by atoms with Crippen LogP contribution in [0, 0.1) is 19.8 Å². The lowest BCUT2D eigenvalue weighted by atomic mass is 9.85. The summed E-state index contributed by atoms with van der Waals surface area (Å²) >= 11 is 0. The van der Waals surface area contributed by atoms with Crippen molar-refractivity contribution in [2.24, 2.45) is 5.92 Å².